The van der Waals surface area contributed by atoms with Crippen LogP contribution in [0.25, 0.3) is 0 Å². The van der Waals surface area contributed by atoms with Gasteiger partial charge in [0.2, 0.25) is 6.79 Å². The summed E-state index contributed by atoms with van der Waals surface area (Å²) in [6.45, 7) is 5.56. The van der Waals surface area contributed by atoms with Crippen LogP contribution in [0.1, 0.15) is 50.2 Å². The van der Waals surface area contributed by atoms with E-state index in [1.54, 1.807) is 46.1 Å². The van der Waals surface area contributed by atoms with Gasteiger partial charge in [0.05, 0.1) is 31.8 Å². The number of nitrogens with zero attached hydrogens (tertiary/aromatic N) is 1. The molecule has 0 spiro atoms. The van der Waals surface area contributed by atoms with Crippen molar-refractivity contribution in [1.29, 1.82) is 0 Å². The lowest BCUT2D eigenvalue weighted by Crippen LogP contribution is -2.48. The van der Waals surface area contributed by atoms with E-state index in [1.807, 2.05) is 24.3 Å². The third-order valence-electron chi connectivity index (χ3n) is 7.48. The van der Waals surface area contributed by atoms with Crippen molar-refractivity contribution < 1.29 is 38.1 Å². The number of hydrogen-bond acceptors (Lipinski definition) is 9. The highest BCUT2D eigenvalue weighted by molar-refractivity contribution is 6.18. The number of carbonyl (C=O) groups excluding carboxylic acids is 3. The van der Waals surface area contributed by atoms with Crippen molar-refractivity contribution in [3.05, 3.63) is 64.9 Å². The third-order valence-corrected chi connectivity index (χ3v) is 7.48. The van der Waals surface area contributed by atoms with Crippen LogP contribution in [0.2, 0.25) is 0 Å². The largest absolute Gasteiger partial charge is 0.496 e. The van der Waals surface area contributed by atoms with Gasteiger partial charge in [-0.3, -0.25) is 14.6 Å². The second-order valence-corrected chi connectivity index (χ2v) is 9.58. The normalized spacial score (nSPS) is 23.6. The van der Waals surface area contributed by atoms with Gasteiger partial charge in [0.25, 0.3) is 0 Å². The van der Waals surface area contributed by atoms with Crippen molar-refractivity contribution in [2.24, 2.45) is 16.8 Å². The molecule has 0 bridgehead atoms. The maximum atomic E-state index is 14.5. The van der Waals surface area contributed by atoms with Crippen LogP contribution in [0, 0.1) is 11.8 Å². The van der Waals surface area contributed by atoms with E-state index in [0.717, 1.165) is 5.56 Å². The van der Waals surface area contributed by atoms with Gasteiger partial charge in [0.1, 0.15) is 11.7 Å². The molecule has 204 valence electrons. The first-order valence-corrected chi connectivity index (χ1v) is 13.1. The Morgan fingerprint density at radius 2 is 1.74 bits per heavy atom. The van der Waals surface area contributed by atoms with Crippen molar-refractivity contribution >= 4 is 23.4 Å². The molecule has 9 nitrogen and oxygen atoms in total. The minimum absolute atomic E-state index is 0.0869. The van der Waals surface area contributed by atoms with Gasteiger partial charge >= 0.3 is 11.9 Å². The molecule has 4 atom stereocenters. The average Bonchev–Trinajstić information content (AvgIpc) is 3.40. The number of allylic oxidation sites excluding steroid dienone is 1. The zero-order chi connectivity index (χ0) is 27.7. The van der Waals surface area contributed by atoms with Crippen molar-refractivity contribution in [2.45, 2.75) is 39.0 Å². The zero-order valence-electron chi connectivity index (χ0n) is 22.4. The van der Waals surface area contributed by atoms with Crippen LogP contribution >= 0.6 is 0 Å². The molecule has 0 N–H and O–H groups in total. The summed E-state index contributed by atoms with van der Waals surface area (Å²) >= 11 is 0. The van der Waals surface area contributed by atoms with Crippen LogP contribution in [0.3, 0.4) is 0 Å². The molecular weight excluding hydrogens is 502 g/mol. The van der Waals surface area contributed by atoms with Gasteiger partial charge in [-0.1, -0.05) is 24.3 Å². The van der Waals surface area contributed by atoms with Crippen molar-refractivity contribution in [3.63, 3.8) is 0 Å². The number of para-hydroxylation sites is 1. The lowest BCUT2D eigenvalue weighted by atomic mass is 9.62. The number of carbonyl (C=O) groups is 3. The summed E-state index contributed by atoms with van der Waals surface area (Å²) in [4.78, 5) is 45.9. The fourth-order valence-electron chi connectivity index (χ4n) is 5.89. The quantitative estimate of drug-likeness (QED) is 0.382. The molecule has 0 aromatic heterocycles. The highest BCUT2D eigenvalue weighted by Gasteiger charge is 2.53. The Hall–Kier alpha value is -4.14. The highest BCUT2D eigenvalue weighted by Crippen LogP contribution is 2.50. The van der Waals surface area contributed by atoms with E-state index in [1.165, 1.54) is 0 Å². The lowest BCUT2D eigenvalue weighted by Gasteiger charge is -2.41. The Kier molecular flexibility index (Phi) is 7.41. The van der Waals surface area contributed by atoms with Gasteiger partial charge in [-0.05, 0) is 56.5 Å². The Balaban J connectivity index is 1.68. The monoisotopic (exact) mass is 533 g/mol. The molecule has 2 aliphatic heterocycles. The maximum Gasteiger partial charge on any atom is 0.336 e. The molecule has 2 aromatic rings. The van der Waals surface area contributed by atoms with Crippen molar-refractivity contribution in [1.82, 2.24) is 0 Å². The molecule has 2 heterocycles. The number of ketones is 1. The first-order chi connectivity index (χ1) is 18.9. The maximum absolute atomic E-state index is 14.5. The Labute approximate surface area is 226 Å². The molecule has 2 aromatic carbocycles. The van der Waals surface area contributed by atoms with Gasteiger partial charge in [-0.15, -0.1) is 0 Å². The molecule has 0 amide bonds. The second kappa shape index (κ2) is 10.9. The van der Waals surface area contributed by atoms with E-state index in [4.69, 9.17) is 28.7 Å². The molecule has 1 fully saturated rings. The molecule has 5 rings (SSSR count). The molecule has 0 saturated heterocycles. The van der Waals surface area contributed by atoms with E-state index in [2.05, 4.69) is 0 Å². The Bertz CT molecular complexity index is 1380. The minimum atomic E-state index is -1.11. The first-order valence-electron chi connectivity index (χ1n) is 13.1. The summed E-state index contributed by atoms with van der Waals surface area (Å²) in [5.41, 5.74) is 2.76. The molecule has 9 heteroatoms. The summed E-state index contributed by atoms with van der Waals surface area (Å²) in [7, 11) is 1.55. The van der Waals surface area contributed by atoms with E-state index in [9.17, 15) is 14.4 Å². The molecular formula is C30H31NO8. The average molecular weight is 534 g/mol. The van der Waals surface area contributed by atoms with Gasteiger partial charge in [-0.25, -0.2) is 4.79 Å². The van der Waals surface area contributed by atoms with E-state index in [0.29, 0.717) is 40.6 Å². The van der Waals surface area contributed by atoms with Crippen molar-refractivity contribution in [3.8, 4) is 17.2 Å². The number of ether oxygens (including phenoxy) is 5. The van der Waals surface area contributed by atoms with Gasteiger partial charge in [0.15, 0.2) is 17.3 Å². The number of rotatable bonds is 7. The predicted molar refractivity (Wildman–Crippen MR) is 141 cm³/mol. The summed E-state index contributed by atoms with van der Waals surface area (Å²) in [6, 6.07) is 12.7. The molecule has 1 unspecified atom stereocenters. The van der Waals surface area contributed by atoms with Gasteiger partial charge in [0, 0.05) is 23.2 Å². The fourth-order valence-corrected chi connectivity index (χ4v) is 5.89. The summed E-state index contributed by atoms with van der Waals surface area (Å²) in [6.07, 6.45) is 0.314. The van der Waals surface area contributed by atoms with Gasteiger partial charge < -0.3 is 23.7 Å². The standard InChI is InChI=1S/C30H31NO8/c1-5-36-29(33)24-16(3)31-20-14-19(18-9-7-8-10-21(18)35-4)26(30(34)37-6-2)28(32)27(20)25(24)17-11-12-22-23(13-17)39-15-38-22/h7-13,19,25-27H,5-6,14-15H2,1-4H3/t19-,25+,26-,27?/m0/s1. The SMILES string of the molecule is CCOC(=O)C1=C(C)N=C2C[C@@H](c3ccccc3OC)[C@H](C(=O)OCC)C(=O)C2[C@@H]1c1ccc2c(c1)OCO2. The predicted octanol–water partition coefficient (Wildman–Crippen LogP) is 4.35. The molecule has 3 aliphatic rings. The summed E-state index contributed by atoms with van der Waals surface area (Å²) < 4.78 is 27.5. The lowest BCUT2D eigenvalue weighted by molar-refractivity contribution is -0.153. The molecule has 0 radical (unpaired) electrons. The highest BCUT2D eigenvalue weighted by atomic mass is 16.7. The van der Waals surface area contributed by atoms with Crippen LogP contribution in [0.4, 0.5) is 0 Å². The number of esters is 2. The first kappa shape index (κ1) is 26.5. The number of methoxy groups -OCH3 is 1. The van der Waals surface area contributed by atoms with Crippen LogP contribution in [0.5, 0.6) is 17.2 Å². The Morgan fingerprint density at radius 1 is 1.00 bits per heavy atom. The smallest absolute Gasteiger partial charge is 0.336 e. The van der Waals surface area contributed by atoms with E-state index < -0.39 is 35.6 Å². The Morgan fingerprint density at radius 3 is 2.49 bits per heavy atom. The summed E-state index contributed by atoms with van der Waals surface area (Å²) in [5, 5.41) is 0. The van der Waals surface area contributed by atoms with Gasteiger partial charge in [-0.2, -0.15) is 0 Å². The topological polar surface area (TPSA) is 110 Å². The van der Waals surface area contributed by atoms with Crippen LogP contribution in [-0.4, -0.2) is 50.6 Å². The number of aliphatic imine (C=N–C) groups is 1. The summed E-state index contributed by atoms with van der Waals surface area (Å²) in [5.74, 6) is -3.08. The van der Waals surface area contributed by atoms with Crippen molar-refractivity contribution in [2.75, 3.05) is 27.1 Å². The van der Waals surface area contributed by atoms with Crippen LogP contribution < -0.4 is 14.2 Å². The minimum Gasteiger partial charge on any atom is -0.496 e. The number of fused-ring (bicyclic) bond motifs is 2. The number of hydrogen-bond donors (Lipinski definition) is 0. The van der Waals surface area contributed by atoms with E-state index >= 15 is 0 Å². The van der Waals surface area contributed by atoms with E-state index in [-0.39, 0.29) is 31.4 Å². The molecule has 1 saturated carbocycles. The molecule has 1 aliphatic carbocycles. The third kappa shape index (κ3) is 4.66. The number of Topliss-reactive ketones (excluding diaryl/α,β-unsaturated/α-hetero) is 1. The second-order valence-electron chi connectivity index (χ2n) is 9.58. The zero-order valence-corrected chi connectivity index (χ0v) is 22.4. The number of benzene rings is 2. The van der Waals surface area contributed by atoms with Crippen LogP contribution in [0.15, 0.2) is 58.7 Å². The van der Waals surface area contributed by atoms with Crippen LogP contribution in [-0.2, 0) is 23.9 Å². The fraction of sp³-hybridized carbons (Fsp3) is 0.400. The molecule has 39 heavy (non-hydrogen) atoms.